The number of likely N-dealkylation sites (tertiary alicyclic amines) is 2. The van der Waals surface area contributed by atoms with Gasteiger partial charge in [-0.05, 0) is 107 Å². The molecule has 4 heterocycles. The van der Waals surface area contributed by atoms with E-state index in [-0.39, 0.29) is 17.6 Å². The van der Waals surface area contributed by atoms with Gasteiger partial charge in [-0.25, -0.2) is 0 Å². The Morgan fingerprint density at radius 1 is 0.952 bits per heavy atom. The van der Waals surface area contributed by atoms with E-state index in [0.29, 0.717) is 50.1 Å². The molecule has 4 aliphatic rings. The van der Waals surface area contributed by atoms with E-state index < -0.39 is 11.8 Å². The van der Waals surface area contributed by atoms with E-state index in [2.05, 4.69) is 46.6 Å². The number of carbonyl (C=O) groups is 2. The van der Waals surface area contributed by atoms with Crippen molar-refractivity contribution in [2.24, 2.45) is 5.41 Å². The lowest BCUT2D eigenvalue weighted by molar-refractivity contribution is -0.274. The van der Waals surface area contributed by atoms with Gasteiger partial charge in [0.2, 0.25) is 5.91 Å². The molecule has 42 heavy (non-hydrogen) atoms. The van der Waals surface area contributed by atoms with Crippen molar-refractivity contribution < 1.29 is 27.5 Å². The summed E-state index contributed by atoms with van der Waals surface area (Å²) in [6, 6.07) is 12.7. The topological polar surface area (TPSA) is 56.3 Å². The summed E-state index contributed by atoms with van der Waals surface area (Å²) in [6.07, 6.45) is 0.897. The van der Waals surface area contributed by atoms with Gasteiger partial charge in [-0.15, -0.1) is 13.2 Å². The summed E-state index contributed by atoms with van der Waals surface area (Å²) in [4.78, 5) is 35.6. The summed E-state index contributed by atoms with van der Waals surface area (Å²) < 4.78 is 41.2. The minimum absolute atomic E-state index is 0.128. The van der Waals surface area contributed by atoms with E-state index in [4.69, 9.17) is 0 Å². The lowest BCUT2D eigenvalue weighted by Gasteiger charge is -2.38. The molecule has 10 heteroatoms. The average Bonchev–Trinajstić information content (AvgIpc) is 3.68. The maximum atomic E-state index is 13.8. The summed E-state index contributed by atoms with van der Waals surface area (Å²) >= 11 is 0. The van der Waals surface area contributed by atoms with Crippen molar-refractivity contribution in [2.45, 2.75) is 70.8 Å². The third kappa shape index (κ3) is 5.57. The van der Waals surface area contributed by atoms with E-state index in [1.54, 1.807) is 4.90 Å². The Balaban J connectivity index is 1.06. The van der Waals surface area contributed by atoms with Crippen LogP contribution in [0.2, 0.25) is 0 Å². The van der Waals surface area contributed by atoms with Gasteiger partial charge in [-0.1, -0.05) is 0 Å². The molecule has 0 N–H and O–H groups in total. The Bertz CT molecular complexity index is 1320. The molecule has 6 rings (SSSR count). The lowest BCUT2D eigenvalue weighted by atomic mass is 9.77. The smallest absolute Gasteiger partial charge is 0.406 e. The molecule has 0 unspecified atom stereocenters. The van der Waals surface area contributed by atoms with E-state index in [1.165, 1.54) is 43.6 Å². The molecule has 0 aromatic heterocycles. The average molecular weight is 585 g/mol. The van der Waals surface area contributed by atoms with Crippen molar-refractivity contribution in [1.29, 1.82) is 0 Å². The van der Waals surface area contributed by atoms with Gasteiger partial charge in [0.25, 0.3) is 5.91 Å². The van der Waals surface area contributed by atoms with Crippen molar-refractivity contribution in [2.75, 3.05) is 49.1 Å². The second-order valence-corrected chi connectivity index (χ2v) is 12.4. The zero-order chi connectivity index (χ0) is 29.6. The van der Waals surface area contributed by atoms with Gasteiger partial charge < -0.3 is 19.4 Å². The monoisotopic (exact) mass is 584 g/mol. The largest absolute Gasteiger partial charge is 0.573 e. The maximum absolute atomic E-state index is 13.8. The van der Waals surface area contributed by atoms with Crippen molar-refractivity contribution in [1.82, 2.24) is 9.80 Å². The van der Waals surface area contributed by atoms with Gasteiger partial charge in [0.05, 0.1) is 5.41 Å². The molecule has 4 saturated heterocycles. The SMILES string of the molecule is Cc1cc(N2CC[C@@H](N3CCC[C@@H]3C)C2)ccc1N1CCC2(CCN(C(=O)c3ccc(OC(F)(F)F)cc3)CC2)C1=O. The van der Waals surface area contributed by atoms with E-state index >= 15 is 0 Å². The Morgan fingerprint density at radius 2 is 1.67 bits per heavy atom. The lowest BCUT2D eigenvalue weighted by Crippen LogP contribution is -2.46. The van der Waals surface area contributed by atoms with Gasteiger partial charge in [0, 0.05) is 61.7 Å². The fourth-order valence-electron chi connectivity index (χ4n) is 7.52. The summed E-state index contributed by atoms with van der Waals surface area (Å²) in [5, 5.41) is 0. The van der Waals surface area contributed by atoms with Crippen LogP contribution < -0.4 is 14.5 Å². The van der Waals surface area contributed by atoms with Gasteiger partial charge in [-0.2, -0.15) is 0 Å². The van der Waals surface area contributed by atoms with Crippen LogP contribution in [0.1, 0.15) is 61.4 Å². The second kappa shape index (κ2) is 11.1. The molecule has 1 spiro atoms. The van der Waals surface area contributed by atoms with Gasteiger partial charge in [0.15, 0.2) is 0 Å². The number of ether oxygens (including phenoxy) is 1. The standard InChI is InChI=1S/C32H39F3N4O3/c1-22-20-25(37-16-11-26(21-37)38-15-3-4-23(38)2)7-10-28(22)39-19-14-31(30(39)41)12-17-36(18-13-31)29(40)24-5-8-27(9-6-24)42-32(33,34)35/h5-10,20,23,26H,3-4,11-19,21H2,1-2H3/t23-,26+/m0/s1. The van der Waals surface area contributed by atoms with Crippen LogP contribution >= 0.6 is 0 Å². The molecular formula is C32H39F3N4O3. The van der Waals surface area contributed by atoms with Crippen molar-refractivity contribution >= 4 is 23.2 Å². The summed E-state index contributed by atoms with van der Waals surface area (Å²) in [5.41, 5.74) is 3.10. The number of nitrogens with zero attached hydrogens (tertiary/aromatic N) is 4. The molecular weight excluding hydrogens is 545 g/mol. The number of rotatable bonds is 5. The molecule has 7 nitrogen and oxygen atoms in total. The molecule has 2 aromatic rings. The maximum Gasteiger partial charge on any atom is 0.573 e. The normalized spacial score (nSPS) is 24.7. The van der Waals surface area contributed by atoms with Crippen LogP contribution in [0.4, 0.5) is 24.5 Å². The minimum atomic E-state index is -4.78. The van der Waals surface area contributed by atoms with Crippen LogP contribution in [0.5, 0.6) is 5.75 Å². The fourth-order valence-corrected chi connectivity index (χ4v) is 7.52. The molecule has 4 fully saturated rings. The zero-order valence-electron chi connectivity index (χ0n) is 24.3. The van der Waals surface area contributed by atoms with Gasteiger partial charge >= 0.3 is 6.36 Å². The number of aryl methyl sites for hydroxylation is 1. The minimum Gasteiger partial charge on any atom is -0.406 e. The Labute approximate surface area is 245 Å². The fraction of sp³-hybridized carbons (Fsp3) is 0.562. The van der Waals surface area contributed by atoms with Crippen molar-refractivity contribution in [3.8, 4) is 5.75 Å². The first-order valence-corrected chi connectivity index (χ1v) is 15.1. The predicted octanol–water partition coefficient (Wildman–Crippen LogP) is 5.62. The number of amides is 2. The molecule has 2 amide bonds. The number of benzene rings is 2. The summed E-state index contributed by atoms with van der Waals surface area (Å²) in [6.45, 7) is 9.26. The number of halogens is 3. The van der Waals surface area contributed by atoms with Crippen LogP contribution in [0.15, 0.2) is 42.5 Å². The highest BCUT2D eigenvalue weighted by molar-refractivity contribution is 6.01. The summed E-state index contributed by atoms with van der Waals surface area (Å²) in [5.74, 6) is -0.484. The van der Waals surface area contributed by atoms with E-state index in [9.17, 15) is 22.8 Å². The Kier molecular flexibility index (Phi) is 7.62. The number of alkyl halides is 3. The number of anilines is 2. The van der Waals surface area contributed by atoms with Crippen LogP contribution in [0.25, 0.3) is 0 Å². The van der Waals surface area contributed by atoms with Gasteiger partial charge in [-0.3, -0.25) is 14.5 Å². The quantitative estimate of drug-likeness (QED) is 0.457. The number of hydrogen-bond acceptors (Lipinski definition) is 5. The highest BCUT2D eigenvalue weighted by Gasteiger charge is 2.49. The molecule has 2 aromatic carbocycles. The number of piperidine rings is 1. The molecule has 0 aliphatic carbocycles. The molecule has 4 aliphatic heterocycles. The van der Waals surface area contributed by atoms with Crippen LogP contribution in [0, 0.1) is 12.3 Å². The van der Waals surface area contributed by atoms with E-state index in [0.717, 1.165) is 42.9 Å². The Hall–Kier alpha value is -3.27. The van der Waals surface area contributed by atoms with Crippen molar-refractivity contribution in [3.05, 3.63) is 53.6 Å². The van der Waals surface area contributed by atoms with Crippen LogP contribution in [-0.4, -0.2) is 79.3 Å². The molecule has 0 saturated carbocycles. The Morgan fingerprint density at radius 3 is 2.31 bits per heavy atom. The molecule has 226 valence electrons. The van der Waals surface area contributed by atoms with Gasteiger partial charge in [0.1, 0.15) is 5.75 Å². The number of hydrogen-bond donors (Lipinski definition) is 0. The first-order valence-electron chi connectivity index (χ1n) is 15.1. The molecule has 2 atom stereocenters. The highest BCUT2D eigenvalue weighted by Crippen LogP contribution is 2.44. The zero-order valence-corrected chi connectivity index (χ0v) is 24.3. The third-order valence-electron chi connectivity index (χ3n) is 9.93. The number of carbonyl (C=O) groups excluding carboxylic acids is 2. The molecule has 0 radical (unpaired) electrons. The first-order chi connectivity index (χ1) is 20.0. The third-order valence-corrected chi connectivity index (χ3v) is 9.93. The first kappa shape index (κ1) is 28.8. The van der Waals surface area contributed by atoms with Crippen LogP contribution in [-0.2, 0) is 4.79 Å². The summed E-state index contributed by atoms with van der Waals surface area (Å²) in [7, 11) is 0. The second-order valence-electron chi connectivity index (χ2n) is 12.4. The predicted molar refractivity (Wildman–Crippen MR) is 155 cm³/mol. The van der Waals surface area contributed by atoms with E-state index in [1.807, 2.05) is 4.90 Å². The van der Waals surface area contributed by atoms with Crippen LogP contribution in [0.3, 0.4) is 0 Å². The highest BCUT2D eigenvalue weighted by atomic mass is 19.4. The molecule has 0 bridgehead atoms. The van der Waals surface area contributed by atoms with Crippen molar-refractivity contribution in [3.63, 3.8) is 0 Å².